The van der Waals surface area contributed by atoms with Gasteiger partial charge in [0.2, 0.25) is 0 Å². The van der Waals surface area contributed by atoms with Crippen LogP contribution in [0.15, 0.2) is 5.16 Å². The Balaban J connectivity index is 3.79. The fraction of sp³-hybridized carbons (Fsp3) is 0.889. The van der Waals surface area contributed by atoms with E-state index in [0.717, 1.165) is 12.1 Å². The Bertz CT molecular complexity index is 130. The van der Waals surface area contributed by atoms with Gasteiger partial charge in [0.25, 0.3) is 0 Å². The molecule has 0 amide bonds. The summed E-state index contributed by atoms with van der Waals surface area (Å²) < 4.78 is 0. The molecule has 0 aromatic heterocycles. The summed E-state index contributed by atoms with van der Waals surface area (Å²) in [6.07, 6.45) is 1.31. The zero-order chi connectivity index (χ0) is 8.85. The van der Waals surface area contributed by atoms with E-state index in [0.29, 0.717) is 5.92 Å². The van der Waals surface area contributed by atoms with Crippen LogP contribution in [0.1, 0.15) is 41.0 Å². The van der Waals surface area contributed by atoms with E-state index >= 15 is 0 Å². The maximum absolute atomic E-state index is 5.11. The van der Waals surface area contributed by atoms with E-state index in [1.165, 1.54) is 0 Å². The highest BCUT2D eigenvalue weighted by molar-refractivity contribution is 5.83. The summed E-state index contributed by atoms with van der Waals surface area (Å²) in [5.41, 5.74) is 1.08. The molecule has 66 valence electrons. The lowest BCUT2D eigenvalue weighted by Crippen LogP contribution is -2.07. The number of hydrogen-bond acceptors (Lipinski definition) is 2. The molecule has 0 heterocycles. The van der Waals surface area contributed by atoms with Crippen molar-refractivity contribution in [3.8, 4) is 0 Å². The van der Waals surface area contributed by atoms with Crippen LogP contribution >= 0.6 is 0 Å². The fourth-order valence-corrected chi connectivity index (χ4v) is 0.574. The van der Waals surface area contributed by atoms with Crippen molar-refractivity contribution in [3.05, 3.63) is 0 Å². The van der Waals surface area contributed by atoms with Crippen LogP contribution in [0.2, 0.25) is 0 Å². The Morgan fingerprint density at radius 1 is 1.36 bits per heavy atom. The quantitative estimate of drug-likeness (QED) is 0.454. The summed E-state index contributed by atoms with van der Waals surface area (Å²) in [5, 5.41) is 4.01. The van der Waals surface area contributed by atoms with Gasteiger partial charge in [-0.25, -0.2) is 0 Å². The monoisotopic (exact) mass is 157 g/mol. The minimum absolute atomic E-state index is 0.189. The van der Waals surface area contributed by atoms with Crippen LogP contribution in [0.25, 0.3) is 0 Å². The van der Waals surface area contributed by atoms with Gasteiger partial charge in [-0.3, -0.25) is 0 Å². The SMILES string of the molecule is CCC(C)/C(C)=N\OC(C)C. The molecule has 0 aliphatic heterocycles. The highest BCUT2D eigenvalue weighted by Crippen LogP contribution is 2.04. The van der Waals surface area contributed by atoms with Crippen LogP contribution in [0, 0.1) is 5.92 Å². The molecule has 0 spiro atoms. The van der Waals surface area contributed by atoms with Crippen molar-refractivity contribution in [3.63, 3.8) is 0 Å². The molecular formula is C9H19NO. The predicted molar refractivity (Wildman–Crippen MR) is 48.8 cm³/mol. The molecule has 0 radical (unpaired) electrons. The first-order valence-electron chi connectivity index (χ1n) is 4.28. The molecule has 2 heteroatoms. The molecule has 0 aliphatic carbocycles. The molecule has 11 heavy (non-hydrogen) atoms. The van der Waals surface area contributed by atoms with E-state index in [1.54, 1.807) is 0 Å². The summed E-state index contributed by atoms with van der Waals surface area (Å²) in [6.45, 7) is 10.3. The minimum atomic E-state index is 0.189. The standard InChI is InChI=1S/C9H19NO/c1-6-8(4)9(5)10-11-7(2)3/h7-8H,6H2,1-5H3/b10-9-. The Morgan fingerprint density at radius 2 is 1.91 bits per heavy atom. The third-order valence-electron chi connectivity index (χ3n) is 1.73. The van der Waals surface area contributed by atoms with E-state index in [1.807, 2.05) is 20.8 Å². The van der Waals surface area contributed by atoms with Crippen molar-refractivity contribution in [2.75, 3.05) is 0 Å². The van der Waals surface area contributed by atoms with E-state index < -0.39 is 0 Å². The van der Waals surface area contributed by atoms with Crippen LogP contribution < -0.4 is 0 Å². The van der Waals surface area contributed by atoms with Gasteiger partial charge in [-0.2, -0.15) is 0 Å². The maximum Gasteiger partial charge on any atom is 0.122 e. The lowest BCUT2D eigenvalue weighted by atomic mass is 10.1. The maximum atomic E-state index is 5.11. The van der Waals surface area contributed by atoms with Gasteiger partial charge in [-0.15, -0.1) is 0 Å². The molecule has 0 aromatic carbocycles. The topological polar surface area (TPSA) is 21.6 Å². The van der Waals surface area contributed by atoms with Gasteiger partial charge in [0.15, 0.2) is 0 Å². The van der Waals surface area contributed by atoms with Gasteiger partial charge in [-0.1, -0.05) is 19.0 Å². The second-order valence-electron chi connectivity index (χ2n) is 3.20. The van der Waals surface area contributed by atoms with Crippen LogP contribution in [-0.2, 0) is 4.84 Å². The molecule has 0 N–H and O–H groups in total. The first-order chi connectivity index (χ1) is 5.07. The van der Waals surface area contributed by atoms with Crippen molar-refractivity contribution >= 4 is 5.71 Å². The molecule has 1 atom stereocenters. The van der Waals surface area contributed by atoms with Crippen molar-refractivity contribution in [1.29, 1.82) is 0 Å². The van der Waals surface area contributed by atoms with Crippen molar-refractivity contribution in [2.45, 2.75) is 47.1 Å². The summed E-state index contributed by atoms with van der Waals surface area (Å²) in [7, 11) is 0. The first-order valence-corrected chi connectivity index (χ1v) is 4.28. The lowest BCUT2D eigenvalue weighted by Gasteiger charge is -2.08. The molecular weight excluding hydrogens is 138 g/mol. The highest BCUT2D eigenvalue weighted by atomic mass is 16.6. The van der Waals surface area contributed by atoms with Crippen LogP contribution in [-0.4, -0.2) is 11.8 Å². The van der Waals surface area contributed by atoms with E-state index in [4.69, 9.17) is 4.84 Å². The largest absolute Gasteiger partial charge is 0.393 e. The normalized spacial score (nSPS) is 15.3. The second-order valence-corrected chi connectivity index (χ2v) is 3.20. The molecule has 0 rings (SSSR count). The van der Waals surface area contributed by atoms with Gasteiger partial charge in [0.05, 0.1) is 5.71 Å². The van der Waals surface area contributed by atoms with Crippen molar-refractivity contribution < 1.29 is 4.84 Å². The van der Waals surface area contributed by atoms with Gasteiger partial charge >= 0.3 is 0 Å². The molecule has 2 nitrogen and oxygen atoms in total. The molecule has 1 unspecified atom stereocenters. The summed E-state index contributed by atoms with van der Waals surface area (Å²) >= 11 is 0. The molecule has 0 saturated heterocycles. The number of oxime groups is 1. The van der Waals surface area contributed by atoms with Crippen molar-refractivity contribution in [2.24, 2.45) is 11.1 Å². The Labute approximate surface area is 69.6 Å². The molecule has 0 fully saturated rings. The fourth-order valence-electron chi connectivity index (χ4n) is 0.574. The Morgan fingerprint density at radius 3 is 2.27 bits per heavy atom. The highest BCUT2D eigenvalue weighted by Gasteiger charge is 2.02. The van der Waals surface area contributed by atoms with Crippen LogP contribution in [0.5, 0.6) is 0 Å². The summed E-state index contributed by atoms with van der Waals surface area (Å²) in [6, 6.07) is 0. The Kier molecular flexibility index (Phi) is 4.92. The summed E-state index contributed by atoms with van der Waals surface area (Å²) in [4.78, 5) is 5.11. The Hall–Kier alpha value is -0.530. The number of nitrogens with zero attached hydrogens (tertiary/aromatic N) is 1. The lowest BCUT2D eigenvalue weighted by molar-refractivity contribution is 0.0846. The van der Waals surface area contributed by atoms with Gasteiger partial charge in [0.1, 0.15) is 6.10 Å². The van der Waals surface area contributed by atoms with Crippen LogP contribution in [0.3, 0.4) is 0 Å². The molecule has 0 aromatic rings. The zero-order valence-electron chi connectivity index (χ0n) is 8.22. The third-order valence-corrected chi connectivity index (χ3v) is 1.73. The average Bonchev–Trinajstić information content (AvgIpc) is 1.98. The molecule has 0 saturated carbocycles. The van der Waals surface area contributed by atoms with Crippen molar-refractivity contribution in [1.82, 2.24) is 0 Å². The van der Waals surface area contributed by atoms with Gasteiger partial charge in [-0.05, 0) is 33.1 Å². The zero-order valence-corrected chi connectivity index (χ0v) is 8.22. The van der Waals surface area contributed by atoms with E-state index in [2.05, 4.69) is 19.0 Å². The van der Waals surface area contributed by atoms with Gasteiger partial charge in [0, 0.05) is 0 Å². The number of rotatable bonds is 4. The predicted octanol–water partition coefficient (Wildman–Crippen LogP) is 2.83. The average molecular weight is 157 g/mol. The van der Waals surface area contributed by atoms with Crippen LogP contribution in [0.4, 0.5) is 0 Å². The van der Waals surface area contributed by atoms with Gasteiger partial charge < -0.3 is 4.84 Å². The number of hydrogen-bond donors (Lipinski definition) is 0. The minimum Gasteiger partial charge on any atom is -0.393 e. The smallest absolute Gasteiger partial charge is 0.122 e. The van der Waals surface area contributed by atoms with E-state index in [9.17, 15) is 0 Å². The van der Waals surface area contributed by atoms with E-state index in [-0.39, 0.29) is 6.10 Å². The second kappa shape index (κ2) is 5.16. The first kappa shape index (κ1) is 10.5. The summed E-state index contributed by atoms with van der Waals surface area (Å²) in [5.74, 6) is 0.536. The molecule has 0 bridgehead atoms. The molecule has 0 aliphatic rings. The third kappa shape index (κ3) is 4.82.